The van der Waals surface area contributed by atoms with Gasteiger partial charge in [-0.05, 0) is 52.6 Å². The van der Waals surface area contributed by atoms with Crippen LogP contribution in [0.15, 0.2) is 39.5 Å². The first-order valence-corrected chi connectivity index (χ1v) is 6.37. The van der Waals surface area contributed by atoms with Gasteiger partial charge in [0.2, 0.25) is 0 Å². The minimum atomic E-state index is -0.521. The smallest absolute Gasteiger partial charge is 0.105 e. The van der Waals surface area contributed by atoms with Gasteiger partial charge in [0.05, 0.1) is 0 Å². The zero-order valence-electron chi connectivity index (χ0n) is 8.27. The van der Waals surface area contributed by atoms with Gasteiger partial charge in [-0.25, -0.2) is 0 Å². The summed E-state index contributed by atoms with van der Waals surface area (Å²) in [6.45, 7) is 2.02. The summed E-state index contributed by atoms with van der Waals surface area (Å²) >= 11 is 5.04. The Balaban J connectivity index is 2.37. The molecule has 0 aliphatic carbocycles. The molecule has 15 heavy (non-hydrogen) atoms. The number of thiophene rings is 1. The average molecular weight is 283 g/mol. The first-order valence-electron chi connectivity index (χ1n) is 4.64. The van der Waals surface area contributed by atoms with E-state index in [0.717, 1.165) is 21.2 Å². The molecule has 0 spiro atoms. The molecule has 0 aliphatic heterocycles. The van der Waals surface area contributed by atoms with Crippen molar-refractivity contribution < 1.29 is 5.11 Å². The highest BCUT2D eigenvalue weighted by Crippen LogP contribution is 2.26. The van der Waals surface area contributed by atoms with Crippen LogP contribution in [-0.2, 0) is 0 Å². The highest BCUT2D eigenvalue weighted by atomic mass is 79.9. The predicted molar refractivity (Wildman–Crippen MR) is 67.3 cm³/mol. The third-order valence-electron chi connectivity index (χ3n) is 2.24. The maximum absolute atomic E-state index is 10.1. The molecule has 2 aromatic rings. The molecule has 1 unspecified atom stereocenters. The molecule has 0 aliphatic rings. The van der Waals surface area contributed by atoms with Gasteiger partial charge in [0.15, 0.2) is 0 Å². The summed E-state index contributed by atoms with van der Waals surface area (Å²) in [5, 5.41) is 14.1. The van der Waals surface area contributed by atoms with E-state index in [-0.39, 0.29) is 0 Å². The molecule has 1 N–H and O–H groups in total. The molecule has 1 heterocycles. The van der Waals surface area contributed by atoms with Crippen LogP contribution in [0.5, 0.6) is 0 Å². The Kier molecular flexibility index (Phi) is 3.24. The van der Waals surface area contributed by atoms with E-state index < -0.39 is 6.10 Å². The second-order valence-electron chi connectivity index (χ2n) is 3.52. The van der Waals surface area contributed by atoms with Crippen LogP contribution < -0.4 is 0 Å². The summed E-state index contributed by atoms with van der Waals surface area (Å²) in [5.74, 6) is 0. The Hall–Kier alpha value is -0.640. The topological polar surface area (TPSA) is 20.2 Å². The minimum absolute atomic E-state index is 0.521. The van der Waals surface area contributed by atoms with Gasteiger partial charge in [0, 0.05) is 4.47 Å². The fourth-order valence-corrected chi connectivity index (χ4v) is 2.85. The van der Waals surface area contributed by atoms with Gasteiger partial charge in [-0.2, -0.15) is 11.3 Å². The molecule has 0 bridgehead atoms. The number of aryl methyl sites for hydroxylation is 1. The zero-order chi connectivity index (χ0) is 10.8. The van der Waals surface area contributed by atoms with Gasteiger partial charge in [-0.1, -0.05) is 22.0 Å². The normalized spacial score (nSPS) is 12.7. The number of halogens is 1. The monoisotopic (exact) mass is 282 g/mol. The summed E-state index contributed by atoms with van der Waals surface area (Å²) in [6, 6.07) is 7.94. The minimum Gasteiger partial charge on any atom is -0.384 e. The molecule has 0 radical (unpaired) electrons. The second kappa shape index (κ2) is 4.47. The van der Waals surface area contributed by atoms with Crippen molar-refractivity contribution in [1.82, 2.24) is 0 Å². The van der Waals surface area contributed by atoms with Gasteiger partial charge < -0.3 is 5.11 Å². The van der Waals surface area contributed by atoms with Gasteiger partial charge >= 0.3 is 0 Å². The van der Waals surface area contributed by atoms with Crippen LogP contribution in [0.4, 0.5) is 0 Å². The van der Waals surface area contributed by atoms with E-state index in [0.29, 0.717) is 0 Å². The molecule has 1 nitrogen and oxygen atoms in total. The maximum atomic E-state index is 10.1. The lowest BCUT2D eigenvalue weighted by molar-refractivity contribution is 0.220. The third kappa shape index (κ3) is 2.48. The molecular weight excluding hydrogens is 272 g/mol. The molecule has 2 rings (SSSR count). The first-order chi connectivity index (χ1) is 7.16. The number of aliphatic hydroxyl groups excluding tert-OH is 1. The molecule has 1 atom stereocenters. The first kappa shape index (κ1) is 10.9. The van der Waals surface area contributed by atoms with Crippen molar-refractivity contribution in [1.29, 1.82) is 0 Å². The Bertz CT molecular complexity index is 430. The van der Waals surface area contributed by atoms with Crippen molar-refractivity contribution in [2.75, 3.05) is 0 Å². The Labute approximate surface area is 102 Å². The summed E-state index contributed by atoms with van der Waals surface area (Å²) in [6.07, 6.45) is -0.521. The molecule has 0 saturated carbocycles. The van der Waals surface area contributed by atoms with Crippen LogP contribution >= 0.6 is 27.3 Å². The van der Waals surface area contributed by atoms with E-state index in [1.807, 2.05) is 41.9 Å². The SMILES string of the molecule is Cc1cc(Br)cc(C(O)c2ccsc2)c1. The number of rotatable bonds is 2. The number of hydrogen-bond acceptors (Lipinski definition) is 2. The Morgan fingerprint density at radius 3 is 2.67 bits per heavy atom. The summed E-state index contributed by atoms with van der Waals surface area (Å²) < 4.78 is 1.01. The summed E-state index contributed by atoms with van der Waals surface area (Å²) in [4.78, 5) is 0. The standard InChI is InChI=1S/C12H11BrOS/c1-8-4-10(6-11(13)5-8)12(14)9-2-3-15-7-9/h2-7,12,14H,1H3. The van der Waals surface area contributed by atoms with E-state index >= 15 is 0 Å². The molecule has 0 saturated heterocycles. The summed E-state index contributed by atoms with van der Waals surface area (Å²) in [7, 11) is 0. The molecule has 3 heteroatoms. The zero-order valence-corrected chi connectivity index (χ0v) is 10.7. The van der Waals surface area contributed by atoms with E-state index in [1.54, 1.807) is 11.3 Å². The Morgan fingerprint density at radius 2 is 2.07 bits per heavy atom. The molecule has 0 fully saturated rings. The van der Waals surface area contributed by atoms with E-state index in [9.17, 15) is 5.11 Å². The molecular formula is C12H11BrOS. The highest BCUT2D eigenvalue weighted by Gasteiger charge is 2.11. The van der Waals surface area contributed by atoms with Crippen LogP contribution in [0.1, 0.15) is 22.8 Å². The molecule has 1 aromatic carbocycles. The van der Waals surface area contributed by atoms with Crippen molar-refractivity contribution in [2.24, 2.45) is 0 Å². The van der Waals surface area contributed by atoms with Gasteiger partial charge in [0.25, 0.3) is 0 Å². The van der Waals surface area contributed by atoms with Gasteiger partial charge in [0.1, 0.15) is 6.10 Å². The number of hydrogen-bond donors (Lipinski definition) is 1. The third-order valence-corrected chi connectivity index (χ3v) is 3.40. The fourth-order valence-electron chi connectivity index (χ4n) is 1.55. The van der Waals surface area contributed by atoms with Crippen LogP contribution in [0.3, 0.4) is 0 Å². The Morgan fingerprint density at radius 1 is 1.27 bits per heavy atom. The van der Waals surface area contributed by atoms with Crippen molar-refractivity contribution in [3.63, 3.8) is 0 Å². The highest BCUT2D eigenvalue weighted by molar-refractivity contribution is 9.10. The number of aliphatic hydroxyl groups is 1. The lowest BCUT2D eigenvalue weighted by Crippen LogP contribution is -1.98. The quantitative estimate of drug-likeness (QED) is 0.886. The number of benzene rings is 1. The van der Waals surface area contributed by atoms with E-state index in [1.165, 1.54) is 0 Å². The van der Waals surface area contributed by atoms with Gasteiger partial charge in [-0.15, -0.1) is 0 Å². The van der Waals surface area contributed by atoms with Crippen LogP contribution in [0.25, 0.3) is 0 Å². The average Bonchev–Trinajstić information content (AvgIpc) is 2.67. The summed E-state index contributed by atoms with van der Waals surface area (Å²) in [5.41, 5.74) is 3.03. The lowest BCUT2D eigenvalue weighted by Gasteiger charge is -2.10. The molecule has 0 amide bonds. The van der Waals surface area contributed by atoms with Gasteiger partial charge in [-0.3, -0.25) is 0 Å². The molecule has 1 aromatic heterocycles. The van der Waals surface area contributed by atoms with E-state index in [2.05, 4.69) is 15.9 Å². The van der Waals surface area contributed by atoms with Crippen molar-refractivity contribution >= 4 is 27.3 Å². The van der Waals surface area contributed by atoms with Crippen LogP contribution in [-0.4, -0.2) is 5.11 Å². The predicted octanol–water partition coefficient (Wildman–Crippen LogP) is 3.90. The van der Waals surface area contributed by atoms with E-state index in [4.69, 9.17) is 0 Å². The second-order valence-corrected chi connectivity index (χ2v) is 5.22. The van der Waals surface area contributed by atoms with Crippen LogP contribution in [0, 0.1) is 6.92 Å². The fraction of sp³-hybridized carbons (Fsp3) is 0.167. The van der Waals surface area contributed by atoms with Crippen molar-refractivity contribution in [2.45, 2.75) is 13.0 Å². The lowest BCUT2D eigenvalue weighted by atomic mass is 10.0. The van der Waals surface area contributed by atoms with Crippen LogP contribution in [0.2, 0.25) is 0 Å². The largest absolute Gasteiger partial charge is 0.384 e. The van der Waals surface area contributed by atoms with Crippen molar-refractivity contribution in [3.8, 4) is 0 Å². The molecule has 78 valence electrons. The van der Waals surface area contributed by atoms with Crippen molar-refractivity contribution in [3.05, 3.63) is 56.2 Å². The maximum Gasteiger partial charge on any atom is 0.105 e.